The van der Waals surface area contributed by atoms with E-state index in [1.165, 1.54) is 16.8 Å². The van der Waals surface area contributed by atoms with Gasteiger partial charge < -0.3 is 0 Å². The van der Waals surface area contributed by atoms with Gasteiger partial charge in [-0.15, -0.1) is 5.10 Å². The van der Waals surface area contributed by atoms with Crippen LogP contribution in [0.4, 0.5) is 4.39 Å². The van der Waals surface area contributed by atoms with Gasteiger partial charge in [0.15, 0.2) is 5.82 Å². The molecule has 3 rings (SSSR count). The summed E-state index contributed by atoms with van der Waals surface area (Å²) < 4.78 is 16.1. The van der Waals surface area contributed by atoms with E-state index in [-0.39, 0.29) is 5.69 Å². The summed E-state index contributed by atoms with van der Waals surface area (Å²) in [6.45, 7) is 2.38. The summed E-state index contributed by atoms with van der Waals surface area (Å²) in [5.74, 6) is 0.180. The first kappa shape index (κ1) is 13.3. The molecule has 0 radical (unpaired) electrons. The second-order valence-corrected chi connectivity index (χ2v) is 4.61. The summed E-state index contributed by atoms with van der Waals surface area (Å²) in [6, 6.07) is 15.3. The van der Waals surface area contributed by atoms with Crippen LogP contribution in [0.15, 0.2) is 59.4 Å². The average Bonchev–Trinajstić information content (AvgIpc) is 2.85. The maximum Gasteiger partial charge on any atom is 0.350 e. The van der Waals surface area contributed by atoms with Gasteiger partial charge in [-0.3, -0.25) is 4.57 Å². The van der Waals surface area contributed by atoms with Gasteiger partial charge in [-0.25, -0.2) is 9.18 Å². The first-order valence-electron chi connectivity index (χ1n) is 6.72. The fraction of sp³-hybridized carbons (Fsp3) is 0.125. The van der Waals surface area contributed by atoms with Crippen LogP contribution >= 0.6 is 0 Å². The molecule has 4 nitrogen and oxygen atoms in total. The van der Waals surface area contributed by atoms with Crippen molar-refractivity contribution in [1.82, 2.24) is 14.3 Å². The molecule has 0 aliphatic heterocycles. The predicted octanol–water partition coefficient (Wildman–Crippen LogP) is 2.86. The fourth-order valence-corrected chi connectivity index (χ4v) is 2.26. The van der Waals surface area contributed by atoms with Crippen molar-refractivity contribution in [3.8, 4) is 17.1 Å². The minimum Gasteiger partial charge on any atom is -0.275 e. The third-order valence-corrected chi connectivity index (χ3v) is 3.26. The molecule has 0 fully saturated rings. The Morgan fingerprint density at radius 3 is 2.52 bits per heavy atom. The van der Waals surface area contributed by atoms with Gasteiger partial charge in [-0.1, -0.05) is 36.4 Å². The lowest BCUT2D eigenvalue weighted by Crippen LogP contribution is -2.23. The fourth-order valence-electron chi connectivity index (χ4n) is 2.26. The molecule has 0 saturated heterocycles. The second-order valence-electron chi connectivity index (χ2n) is 4.61. The molecule has 0 saturated carbocycles. The lowest BCUT2D eigenvalue weighted by atomic mass is 10.2. The molecule has 106 valence electrons. The molecule has 0 aliphatic rings. The summed E-state index contributed by atoms with van der Waals surface area (Å²) >= 11 is 0. The van der Waals surface area contributed by atoms with Crippen LogP contribution in [0, 0.1) is 5.82 Å². The molecule has 1 heterocycles. The van der Waals surface area contributed by atoms with Crippen molar-refractivity contribution >= 4 is 0 Å². The Hall–Kier alpha value is -2.69. The topological polar surface area (TPSA) is 39.8 Å². The standard InChI is InChI=1S/C16H14FN3O/c1-2-19-15(12-7-4-3-5-8-12)18-20(16(19)21)14-10-6-9-13(17)11-14/h3-11H,2H2,1H3. The van der Waals surface area contributed by atoms with Gasteiger partial charge in [0.2, 0.25) is 0 Å². The molecule has 0 unspecified atom stereocenters. The second kappa shape index (κ2) is 5.36. The Bertz CT molecular complexity index is 821. The smallest absolute Gasteiger partial charge is 0.275 e. The maximum atomic E-state index is 13.3. The van der Waals surface area contributed by atoms with E-state index >= 15 is 0 Å². The van der Waals surface area contributed by atoms with Crippen molar-refractivity contribution in [2.45, 2.75) is 13.5 Å². The summed E-state index contributed by atoms with van der Waals surface area (Å²) in [7, 11) is 0. The zero-order valence-corrected chi connectivity index (χ0v) is 11.5. The quantitative estimate of drug-likeness (QED) is 0.741. The SMILES string of the molecule is CCn1c(-c2ccccc2)nn(-c2cccc(F)c2)c1=O. The van der Waals surface area contributed by atoms with E-state index in [0.717, 1.165) is 5.56 Å². The van der Waals surface area contributed by atoms with E-state index in [2.05, 4.69) is 5.10 Å². The molecule has 0 spiro atoms. The van der Waals surface area contributed by atoms with Gasteiger partial charge in [0.1, 0.15) is 5.82 Å². The third-order valence-electron chi connectivity index (χ3n) is 3.26. The largest absolute Gasteiger partial charge is 0.350 e. The summed E-state index contributed by atoms with van der Waals surface area (Å²) in [4.78, 5) is 12.4. The van der Waals surface area contributed by atoms with Gasteiger partial charge >= 0.3 is 5.69 Å². The van der Waals surface area contributed by atoms with Crippen molar-refractivity contribution in [2.24, 2.45) is 0 Å². The molecule has 0 bridgehead atoms. The molecule has 21 heavy (non-hydrogen) atoms. The van der Waals surface area contributed by atoms with Crippen LogP contribution in [-0.2, 0) is 6.54 Å². The highest BCUT2D eigenvalue weighted by Gasteiger charge is 2.14. The number of hydrogen-bond donors (Lipinski definition) is 0. The van der Waals surface area contributed by atoms with Crippen molar-refractivity contribution < 1.29 is 4.39 Å². The molecule has 3 aromatic rings. The molecule has 0 atom stereocenters. The molecular formula is C16H14FN3O. The number of rotatable bonds is 3. The third kappa shape index (κ3) is 2.38. The van der Waals surface area contributed by atoms with Gasteiger partial charge in [0.25, 0.3) is 0 Å². The molecule has 0 aliphatic carbocycles. The molecule has 0 N–H and O–H groups in total. The zero-order valence-electron chi connectivity index (χ0n) is 11.5. The Kier molecular flexibility index (Phi) is 3.39. The van der Waals surface area contributed by atoms with E-state index < -0.39 is 5.82 Å². The highest BCUT2D eigenvalue weighted by atomic mass is 19.1. The minimum atomic E-state index is -0.397. The van der Waals surface area contributed by atoms with E-state index in [0.29, 0.717) is 18.1 Å². The zero-order chi connectivity index (χ0) is 14.8. The van der Waals surface area contributed by atoms with Crippen molar-refractivity contribution in [3.05, 3.63) is 70.9 Å². The van der Waals surface area contributed by atoms with Crippen LogP contribution in [-0.4, -0.2) is 14.3 Å². The van der Waals surface area contributed by atoms with Crippen LogP contribution in [0.25, 0.3) is 17.1 Å². The number of benzene rings is 2. The van der Waals surface area contributed by atoms with Crippen molar-refractivity contribution in [1.29, 1.82) is 0 Å². The summed E-state index contributed by atoms with van der Waals surface area (Å²) in [5.41, 5.74) is 0.998. The molecule has 5 heteroatoms. The minimum absolute atomic E-state index is 0.276. The first-order chi connectivity index (χ1) is 10.2. The van der Waals surface area contributed by atoms with Crippen LogP contribution in [0.2, 0.25) is 0 Å². The molecule has 0 amide bonds. The van der Waals surface area contributed by atoms with Crippen LogP contribution in [0.1, 0.15) is 6.92 Å². The van der Waals surface area contributed by atoms with E-state index in [4.69, 9.17) is 0 Å². The van der Waals surface area contributed by atoms with E-state index in [1.54, 1.807) is 16.7 Å². The Morgan fingerprint density at radius 2 is 1.86 bits per heavy atom. The van der Waals surface area contributed by atoms with Gasteiger partial charge in [0, 0.05) is 12.1 Å². The monoisotopic (exact) mass is 283 g/mol. The van der Waals surface area contributed by atoms with Gasteiger partial charge in [-0.2, -0.15) is 4.68 Å². The number of nitrogens with zero attached hydrogens (tertiary/aromatic N) is 3. The highest BCUT2D eigenvalue weighted by molar-refractivity contribution is 5.55. The average molecular weight is 283 g/mol. The van der Waals surface area contributed by atoms with Gasteiger partial charge in [-0.05, 0) is 25.1 Å². The normalized spacial score (nSPS) is 10.8. The van der Waals surface area contributed by atoms with Crippen molar-refractivity contribution in [2.75, 3.05) is 0 Å². The Morgan fingerprint density at radius 1 is 1.10 bits per heavy atom. The summed E-state index contributed by atoms with van der Waals surface area (Å²) in [6.07, 6.45) is 0. The Labute approximate surface area is 121 Å². The van der Waals surface area contributed by atoms with E-state index in [1.807, 2.05) is 37.3 Å². The maximum absolute atomic E-state index is 13.3. The van der Waals surface area contributed by atoms with Gasteiger partial charge in [0.05, 0.1) is 5.69 Å². The Balaban J connectivity index is 2.21. The highest BCUT2D eigenvalue weighted by Crippen LogP contribution is 2.16. The lowest BCUT2D eigenvalue weighted by molar-refractivity contribution is 0.624. The van der Waals surface area contributed by atoms with E-state index in [9.17, 15) is 9.18 Å². The van der Waals surface area contributed by atoms with Crippen LogP contribution < -0.4 is 5.69 Å². The molecular weight excluding hydrogens is 269 g/mol. The van der Waals surface area contributed by atoms with Crippen LogP contribution in [0.3, 0.4) is 0 Å². The summed E-state index contributed by atoms with van der Waals surface area (Å²) in [5, 5.41) is 4.36. The number of hydrogen-bond acceptors (Lipinski definition) is 2. The predicted molar refractivity (Wildman–Crippen MR) is 78.9 cm³/mol. The number of halogens is 1. The van der Waals surface area contributed by atoms with Crippen LogP contribution in [0.5, 0.6) is 0 Å². The first-order valence-corrected chi connectivity index (χ1v) is 6.72. The lowest BCUT2D eigenvalue weighted by Gasteiger charge is -2.00. The van der Waals surface area contributed by atoms with Crippen molar-refractivity contribution in [3.63, 3.8) is 0 Å². The molecule has 2 aromatic carbocycles. The molecule has 1 aromatic heterocycles. The number of aromatic nitrogens is 3.